The molecule has 0 aromatic heterocycles. The van der Waals surface area contributed by atoms with Crippen molar-refractivity contribution in [3.63, 3.8) is 0 Å². The molecule has 2 aromatic carbocycles. The Kier molecular flexibility index (Phi) is 8.33. The predicted molar refractivity (Wildman–Crippen MR) is 116 cm³/mol. The standard InChI is InChI=1S/C21H22Cl4NO2.HI/c1-3-26(2)9-8-21(28,14-5-7-17(23)19(25)11-14)15(12-26)20(27)13-4-6-16(22)18(24)10-13;/h4-7,10-11,15,28H,3,8-9,12H2,1-2H3;1H/q+1;/p-1. The highest BCUT2D eigenvalue weighted by molar-refractivity contribution is 6.42. The molecule has 0 aliphatic carbocycles. The van der Waals surface area contributed by atoms with Gasteiger partial charge in [-0.1, -0.05) is 52.5 Å². The number of halogens is 5. The van der Waals surface area contributed by atoms with E-state index in [1.807, 2.05) is 0 Å². The van der Waals surface area contributed by atoms with Gasteiger partial charge in [-0.25, -0.2) is 0 Å². The van der Waals surface area contributed by atoms with Gasteiger partial charge in [0.1, 0.15) is 11.5 Å². The molecule has 0 radical (unpaired) electrons. The summed E-state index contributed by atoms with van der Waals surface area (Å²) in [6.07, 6.45) is 0.438. The summed E-state index contributed by atoms with van der Waals surface area (Å²) in [5.41, 5.74) is -0.310. The highest BCUT2D eigenvalue weighted by atomic mass is 127. The average molecular weight is 589 g/mol. The number of likely N-dealkylation sites (tertiary alicyclic amines) is 1. The number of carbonyl (C=O) groups excluding carboxylic acids is 1. The molecule has 1 aliphatic rings. The van der Waals surface area contributed by atoms with Crippen LogP contribution < -0.4 is 24.0 Å². The lowest BCUT2D eigenvalue weighted by Gasteiger charge is -2.48. The number of piperidine rings is 1. The van der Waals surface area contributed by atoms with Crippen LogP contribution in [0.15, 0.2) is 36.4 Å². The predicted octanol–water partition coefficient (Wildman–Crippen LogP) is 2.86. The van der Waals surface area contributed by atoms with Crippen molar-refractivity contribution in [1.82, 2.24) is 0 Å². The molecule has 3 atom stereocenters. The zero-order valence-corrected chi connectivity index (χ0v) is 21.2. The largest absolute Gasteiger partial charge is 1.00 e. The Labute approximate surface area is 208 Å². The molecular weight excluding hydrogens is 567 g/mol. The molecule has 0 spiro atoms. The summed E-state index contributed by atoms with van der Waals surface area (Å²) in [7, 11) is 2.10. The third-order valence-corrected chi connectivity index (χ3v) is 7.41. The van der Waals surface area contributed by atoms with E-state index in [2.05, 4.69) is 14.0 Å². The maximum Gasteiger partial charge on any atom is 0.174 e. The summed E-state index contributed by atoms with van der Waals surface area (Å²) in [6.45, 7) is 4.21. The van der Waals surface area contributed by atoms with Gasteiger partial charge in [-0.15, -0.1) is 0 Å². The number of aliphatic hydroxyl groups is 1. The molecule has 1 heterocycles. The van der Waals surface area contributed by atoms with E-state index in [4.69, 9.17) is 46.4 Å². The number of Topliss-reactive ketones (excluding diaryl/α,β-unsaturated/α-hetero) is 1. The van der Waals surface area contributed by atoms with E-state index in [1.54, 1.807) is 36.4 Å². The summed E-state index contributed by atoms with van der Waals surface area (Å²) in [5, 5.41) is 13.2. The van der Waals surface area contributed by atoms with Crippen LogP contribution in [0.2, 0.25) is 20.1 Å². The highest BCUT2D eigenvalue weighted by Crippen LogP contribution is 2.43. The van der Waals surface area contributed by atoms with Gasteiger partial charge in [-0.3, -0.25) is 4.79 Å². The minimum absolute atomic E-state index is 0. The molecule has 2 aromatic rings. The Morgan fingerprint density at radius 1 is 1.07 bits per heavy atom. The van der Waals surface area contributed by atoms with Crippen molar-refractivity contribution >= 4 is 52.2 Å². The van der Waals surface area contributed by atoms with Gasteiger partial charge in [-0.05, 0) is 42.8 Å². The third-order valence-electron chi connectivity index (χ3n) is 5.94. The van der Waals surface area contributed by atoms with Crippen LogP contribution in [-0.2, 0) is 5.60 Å². The second-order valence-electron chi connectivity index (χ2n) is 7.69. The average Bonchev–Trinajstić information content (AvgIpc) is 2.67. The highest BCUT2D eigenvalue weighted by Gasteiger charge is 2.51. The first-order chi connectivity index (χ1) is 13.1. The summed E-state index contributed by atoms with van der Waals surface area (Å²) < 4.78 is 0.696. The molecule has 158 valence electrons. The minimum atomic E-state index is -1.34. The first-order valence-electron chi connectivity index (χ1n) is 9.10. The molecule has 29 heavy (non-hydrogen) atoms. The normalized spacial score (nSPS) is 26.7. The smallest absolute Gasteiger partial charge is 0.174 e. The lowest BCUT2D eigenvalue weighted by Crippen LogP contribution is -3.00. The molecule has 3 rings (SSSR count). The summed E-state index contributed by atoms with van der Waals surface area (Å²) in [5.74, 6) is -0.815. The monoisotopic (exact) mass is 587 g/mol. The Balaban J connectivity index is 0.00000300. The molecule has 0 saturated carbocycles. The molecular formula is C21H22Cl4INO2. The van der Waals surface area contributed by atoms with Gasteiger partial charge in [-0.2, -0.15) is 0 Å². The van der Waals surface area contributed by atoms with Gasteiger partial charge in [0.05, 0.1) is 46.8 Å². The van der Waals surface area contributed by atoms with Crippen molar-refractivity contribution in [3.8, 4) is 0 Å². The molecule has 0 amide bonds. The number of ketones is 1. The fraction of sp³-hybridized carbons (Fsp3) is 0.381. The number of carbonyl (C=O) groups is 1. The Morgan fingerprint density at radius 3 is 2.21 bits per heavy atom. The van der Waals surface area contributed by atoms with Gasteiger partial charge < -0.3 is 33.6 Å². The lowest BCUT2D eigenvalue weighted by atomic mass is 9.72. The van der Waals surface area contributed by atoms with Gasteiger partial charge in [0.2, 0.25) is 0 Å². The minimum Gasteiger partial charge on any atom is -1.00 e. The number of benzene rings is 2. The number of hydrogen-bond donors (Lipinski definition) is 1. The molecule has 0 bridgehead atoms. The number of quaternary nitrogens is 1. The Morgan fingerprint density at radius 2 is 1.66 bits per heavy atom. The number of rotatable bonds is 4. The van der Waals surface area contributed by atoms with Crippen molar-refractivity contribution in [3.05, 3.63) is 67.6 Å². The molecule has 1 aliphatic heterocycles. The van der Waals surface area contributed by atoms with E-state index in [0.717, 1.165) is 13.1 Å². The van der Waals surface area contributed by atoms with Crippen molar-refractivity contribution in [1.29, 1.82) is 0 Å². The van der Waals surface area contributed by atoms with Crippen molar-refractivity contribution in [2.45, 2.75) is 18.9 Å². The lowest BCUT2D eigenvalue weighted by molar-refractivity contribution is -0.917. The summed E-state index contributed by atoms with van der Waals surface area (Å²) in [6, 6.07) is 9.86. The third kappa shape index (κ3) is 5.05. The van der Waals surface area contributed by atoms with E-state index in [1.165, 1.54) is 0 Å². The van der Waals surface area contributed by atoms with Crippen LogP contribution in [0.1, 0.15) is 29.3 Å². The molecule has 1 fully saturated rings. The molecule has 1 saturated heterocycles. The van der Waals surface area contributed by atoms with E-state index >= 15 is 0 Å². The first kappa shape index (κ1) is 25.2. The van der Waals surface area contributed by atoms with Crippen LogP contribution in [0, 0.1) is 5.92 Å². The molecule has 3 unspecified atom stereocenters. The SMILES string of the molecule is CC[N+]1(C)CCC(O)(c2ccc(Cl)c(Cl)c2)C(C(=O)c2ccc(Cl)c(Cl)c2)C1.[I-]. The number of hydrogen-bond acceptors (Lipinski definition) is 2. The van der Waals surface area contributed by atoms with E-state index in [9.17, 15) is 9.90 Å². The van der Waals surface area contributed by atoms with Crippen LogP contribution in [0.25, 0.3) is 0 Å². The zero-order valence-electron chi connectivity index (χ0n) is 16.1. The number of nitrogens with zero attached hydrogens (tertiary/aromatic N) is 1. The van der Waals surface area contributed by atoms with Gasteiger partial charge >= 0.3 is 0 Å². The van der Waals surface area contributed by atoms with E-state index in [-0.39, 0.29) is 29.8 Å². The maximum absolute atomic E-state index is 13.5. The van der Waals surface area contributed by atoms with E-state index in [0.29, 0.717) is 48.7 Å². The van der Waals surface area contributed by atoms with Crippen molar-refractivity contribution < 1.29 is 38.4 Å². The van der Waals surface area contributed by atoms with Crippen LogP contribution in [-0.4, -0.2) is 42.1 Å². The van der Waals surface area contributed by atoms with Gasteiger partial charge in [0, 0.05) is 12.0 Å². The molecule has 8 heteroatoms. The second-order valence-corrected chi connectivity index (χ2v) is 9.32. The molecule has 1 N–H and O–H groups in total. The first-order valence-corrected chi connectivity index (χ1v) is 10.6. The fourth-order valence-corrected chi connectivity index (χ4v) is 4.44. The summed E-state index contributed by atoms with van der Waals surface area (Å²) in [4.78, 5) is 13.5. The van der Waals surface area contributed by atoms with Crippen LogP contribution >= 0.6 is 46.4 Å². The van der Waals surface area contributed by atoms with Crippen LogP contribution in [0.4, 0.5) is 0 Å². The van der Waals surface area contributed by atoms with Crippen molar-refractivity contribution in [2.75, 3.05) is 26.7 Å². The summed E-state index contributed by atoms with van der Waals surface area (Å²) >= 11 is 24.4. The van der Waals surface area contributed by atoms with Crippen molar-refractivity contribution in [2.24, 2.45) is 5.92 Å². The van der Waals surface area contributed by atoms with Gasteiger partial charge in [0.25, 0.3) is 0 Å². The Bertz CT molecular complexity index is 926. The molecule has 3 nitrogen and oxygen atoms in total. The van der Waals surface area contributed by atoms with E-state index < -0.39 is 11.5 Å². The van der Waals surface area contributed by atoms with Gasteiger partial charge in [0.15, 0.2) is 5.78 Å². The quantitative estimate of drug-likeness (QED) is 0.339. The zero-order chi connectivity index (χ0) is 20.7. The fourth-order valence-electron chi connectivity index (χ4n) is 3.85. The van der Waals surface area contributed by atoms with Crippen LogP contribution in [0.3, 0.4) is 0 Å². The topological polar surface area (TPSA) is 37.3 Å². The maximum atomic E-state index is 13.5. The second kappa shape index (κ2) is 9.60. The van der Waals surface area contributed by atoms with Crippen LogP contribution in [0.5, 0.6) is 0 Å². The Hall–Kier alpha value is -0.0800.